The molecule has 2 N–H and O–H groups in total. The lowest BCUT2D eigenvalue weighted by molar-refractivity contribution is -0.385. The van der Waals surface area contributed by atoms with Crippen LogP contribution in [0.5, 0.6) is 11.5 Å². The van der Waals surface area contributed by atoms with Crippen LogP contribution < -0.4 is 10.5 Å². The molecule has 0 aliphatic carbocycles. The quantitative estimate of drug-likeness (QED) is 0.522. The maximum absolute atomic E-state index is 10.9. The highest BCUT2D eigenvalue weighted by Gasteiger charge is 2.16. The van der Waals surface area contributed by atoms with Gasteiger partial charge in [-0.1, -0.05) is 11.6 Å². The van der Waals surface area contributed by atoms with E-state index in [1.807, 2.05) is 0 Å². The van der Waals surface area contributed by atoms with Crippen LogP contribution in [0.25, 0.3) is 0 Å². The first-order valence-electron chi connectivity index (χ1n) is 5.03. The molecule has 0 amide bonds. The number of anilines is 1. The molecule has 18 heavy (non-hydrogen) atoms. The fraction of sp³-hybridized carbons (Fsp3) is 0. The average molecular weight is 265 g/mol. The van der Waals surface area contributed by atoms with Gasteiger partial charge in [-0.3, -0.25) is 10.1 Å². The summed E-state index contributed by atoms with van der Waals surface area (Å²) in [4.78, 5) is 10.3. The first-order chi connectivity index (χ1) is 8.56. The van der Waals surface area contributed by atoms with Crippen molar-refractivity contribution in [2.24, 2.45) is 0 Å². The maximum atomic E-state index is 10.9. The summed E-state index contributed by atoms with van der Waals surface area (Å²) in [6, 6.07) is 10.8. The van der Waals surface area contributed by atoms with E-state index in [-0.39, 0.29) is 11.4 Å². The summed E-state index contributed by atoms with van der Waals surface area (Å²) in [5.74, 6) is 0.601. The van der Waals surface area contributed by atoms with Crippen LogP contribution in [0.2, 0.25) is 5.02 Å². The van der Waals surface area contributed by atoms with E-state index in [4.69, 9.17) is 22.1 Å². The van der Waals surface area contributed by atoms with Crippen molar-refractivity contribution in [2.75, 3.05) is 5.73 Å². The van der Waals surface area contributed by atoms with Gasteiger partial charge in [0, 0.05) is 16.8 Å². The fourth-order valence-electron chi connectivity index (χ4n) is 1.39. The van der Waals surface area contributed by atoms with Gasteiger partial charge in [0.15, 0.2) is 0 Å². The first-order valence-corrected chi connectivity index (χ1v) is 5.41. The topological polar surface area (TPSA) is 78.4 Å². The Labute approximate surface area is 108 Å². The summed E-state index contributed by atoms with van der Waals surface area (Å²) in [6.07, 6.45) is 0. The highest BCUT2D eigenvalue weighted by Crippen LogP contribution is 2.33. The molecule has 0 saturated carbocycles. The molecule has 0 saturated heterocycles. The van der Waals surface area contributed by atoms with E-state index in [0.717, 1.165) is 0 Å². The average Bonchev–Trinajstić information content (AvgIpc) is 2.34. The smallest absolute Gasteiger partial charge is 0.313 e. The molecule has 0 atom stereocenters. The summed E-state index contributed by atoms with van der Waals surface area (Å²) in [6.45, 7) is 0. The lowest BCUT2D eigenvalue weighted by Gasteiger charge is -2.06. The molecule has 2 rings (SSSR count). The molecule has 0 bridgehead atoms. The third-order valence-corrected chi connectivity index (χ3v) is 2.47. The highest BCUT2D eigenvalue weighted by molar-refractivity contribution is 6.30. The van der Waals surface area contributed by atoms with Crippen molar-refractivity contribution in [1.82, 2.24) is 0 Å². The minimum atomic E-state index is -0.540. The molecule has 5 nitrogen and oxygen atoms in total. The predicted octanol–water partition coefficient (Wildman–Crippen LogP) is 3.62. The van der Waals surface area contributed by atoms with E-state index in [0.29, 0.717) is 16.5 Å². The maximum Gasteiger partial charge on any atom is 0.313 e. The molecule has 2 aromatic carbocycles. The number of halogens is 1. The van der Waals surface area contributed by atoms with Crippen molar-refractivity contribution in [2.45, 2.75) is 0 Å². The van der Waals surface area contributed by atoms with Crippen LogP contribution in [-0.2, 0) is 0 Å². The Kier molecular flexibility index (Phi) is 3.34. The molecule has 0 aliphatic heterocycles. The second-order valence-electron chi connectivity index (χ2n) is 3.54. The number of rotatable bonds is 3. The van der Waals surface area contributed by atoms with Crippen LogP contribution in [0.1, 0.15) is 0 Å². The first kappa shape index (κ1) is 12.2. The van der Waals surface area contributed by atoms with Crippen LogP contribution in [-0.4, -0.2) is 4.92 Å². The van der Waals surface area contributed by atoms with E-state index >= 15 is 0 Å². The molecule has 2 aromatic rings. The van der Waals surface area contributed by atoms with Crippen molar-refractivity contribution < 1.29 is 9.66 Å². The van der Waals surface area contributed by atoms with Crippen molar-refractivity contribution in [3.63, 3.8) is 0 Å². The number of nitrogens with two attached hydrogens (primary N) is 1. The zero-order valence-corrected chi connectivity index (χ0v) is 9.92. The lowest BCUT2D eigenvalue weighted by atomic mass is 10.2. The Balaban J connectivity index is 2.34. The van der Waals surface area contributed by atoms with Gasteiger partial charge in [-0.15, -0.1) is 0 Å². The van der Waals surface area contributed by atoms with Crippen LogP contribution in [0.4, 0.5) is 11.4 Å². The third kappa shape index (κ3) is 2.70. The summed E-state index contributed by atoms with van der Waals surface area (Å²) in [7, 11) is 0. The van der Waals surface area contributed by atoms with Crippen LogP contribution >= 0.6 is 11.6 Å². The molecular weight excluding hydrogens is 256 g/mol. The second-order valence-corrected chi connectivity index (χ2v) is 3.98. The molecule has 0 fully saturated rings. The van der Waals surface area contributed by atoms with Crippen molar-refractivity contribution in [1.29, 1.82) is 0 Å². The van der Waals surface area contributed by atoms with E-state index < -0.39 is 4.92 Å². The molecular formula is C12H9ClN2O3. The van der Waals surface area contributed by atoms with Gasteiger partial charge in [-0.25, -0.2) is 0 Å². The Hall–Kier alpha value is -2.27. The highest BCUT2D eigenvalue weighted by atomic mass is 35.5. The predicted molar refractivity (Wildman–Crippen MR) is 69.0 cm³/mol. The third-order valence-electron chi connectivity index (χ3n) is 2.22. The lowest BCUT2D eigenvalue weighted by Crippen LogP contribution is -1.95. The number of nitro benzene ring substituents is 1. The molecule has 0 aromatic heterocycles. The Bertz CT molecular complexity index is 584. The molecule has 0 heterocycles. The minimum Gasteiger partial charge on any atom is -0.450 e. The van der Waals surface area contributed by atoms with E-state index in [1.54, 1.807) is 24.3 Å². The van der Waals surface area contributed by atoms with E-state index in [2.05, 4.69) is 0 Å². The van der Waals surface area contributed by atoms with E-state index in [1.165, 1.54) is 18.2 Å². The Morgan fingerprint density at radius 3 is 2.44 bits per heavy atom. The normalized spacial score (nSPS) is 10.1. The van der Waals surface area contributed by atoms with E-state index in [9.17, 15) is 10.1 Å². The molecule has 0 spiro atoms. The van der Waals surface area contributed by atoms with Gasteiger partial charge in [-0.2, -0.15) is 0 Å². The number of hydrogen-bond acceptors (Lipinski definition) is 4. The largest absolute Gasteiger partial charge is 0.450 e. The molecule has 0 unspecified atom stereocenters. The van der Waals surface area contributed by atoms with Gasteiger partial charge in [0.05, 0.1) is 4.92 Å². The monoisotopic (exact) mass is 264 g/mol. The molecule has 92 valence electrons. The minimum absolute atomic E-state index is 0.136. The molecule has 0 aliphatic rings. The molecule has 6 heteroatoms. The number of hydrogen-bond donors (Lipinski definition) is 1. The molecule has 0 radical (unpaired) electrons. The van der Waals surface area contributed by atoms with Crippen LogP contribution in [0.15, 0.2) is 42.5 Å². The zero-order valence-electron chi connectivity index (χ0n) is 9.17. The van der Waals surface area contributed by atoms with Gasteiger partial charge < -0.3 is 10.5 Å². The summed E-state index contributed by atoms with van der Waals surface area (Å²) < 4.78 is 5.42. The number of ether oxygens (including phenoxy) is 1. The van der Waals surface area contributed by atoms with Gasteiger partial charge in [0.2, 0.25) is 5.75 Å². The fourth-order valence-corrected chi connectivity index (χ4v) is 1.52. The number of nitrogens with zero attached hydrogens (tertiary/aromatic N) is 1. The van der Waals surface area contributed by atoms with Crippen LogP contribution in [0, 0.1) is 10.1 Å². The van der Waals surface area contributed by atoms with Crippen LogP contribution in [0.3, 0.4) is 0 Å². The number of benzene rings is 2. The zero-order chi connectivity index (χ0) is 13.1. The van der Waals surface area contributed by atoms with Crippen molar-refractivity contribution in [3.05, 3.63) is 57.6 Å². The number of nitrogen functional groups attached to an aromatic ring is 1. The van der Waals surface area contributed by atoms with Gasteiger partial charge in [0.25, 0.3) is 0 Å². The standard InChI is InChI=1S/C12H9ClN2O3/c13-8-1-4-10(5-2-8)18-12-6-3-9(14)7-11(12)15(16)17/h1-7H,14H2. The second kappa shape index (κ2) is 4.93. The summed E-state index contributed by atoms with van der Waals surface area (Å²) in [5, 5.41) is 11.4. The van der Waals surface area contributed by atoms with Gasteiger partial charge in [0.1, 0.15) is 5.75 Å². The Morgan fingerprint density at radius 2 is 1.83 bits per heavy atom. The van der Waals surface area contributed by atoms with Crippen molar-refractivity contribution >= 4 is 23.0 Å². The van der Waals surface area contributed by atoms with Crippen molar-refractivity contribution in [3.8, 4) is 11.5 Å². The SMILES string of the molecule is Nc1ccc(Oc2ccc(Cl)cc2)c([N+](=O)[O-])c1. The Morgan fingerprint density at radius 1 is 1.17 bits per heavy atom. The number of nitro groups is 1. The summed E-state index contributed by atoms with van der Waals surface area (Å²) in [5.41, 5.74) is 5.64. The van der Waals surface area contributed by atoms with Gasteiger partial charge in [-0.05, 0) is 36.4 Å². The summed E-state index contributed by atoms with van der Waals surface area (Å²) >= 11 is 5.74. The van der Waals surface area contributed by atoms with Gasteiger partial charge >= 0.3 is 5.69 Å².